The lowest BCUT2D eigenvalue weighted by molar-refractivity contribution is -0.145. The fourth-order valence-corrected chi connectivity index (χ4v) is 2.49. The molecule has 18 heavy (non-hydrogen) atoms. The van der Waals surface area contributed by atoms with Crippen LogP contribution in [0.4, 0.5) is 5.69 Å². The molecule has 1 amide bonds. The number of ether oxygens (including phenoxy) is 1. The molecular weight excluding hydrogens is 277 g/mol. The molecule has 0 bridgehead atoms. The Balaban J connectivity index is 2.24. The SMILES string of the molecule is COC(=O)[C@@H]1CC(=O)N(c2cc(Cl)cc(Cl)c2)C1. The van der Waals surface area contributed by atoms with Crippen LogP contribution in [0.25, 0.3) is 0 Å². The zero-order valence-corrected chi connectivity index (χ0v) is 11.2. The molecule has 0 aliphatic carbocycles. The minimum absolute atomic E-state index is 0.135. The third-order valence-electron chi connectivity index (χ3n) is 2.82. The minimum atomic E-state index is -0.430. The largest absolute Gasteiger partial charge is 0.469 e. The Kier molecular flexibility index (Phi) is 3.78. The number of rotatable bonds is 2. The molecule has 0 N–H and O–H groups in total. The van der Waals surface area contributed by atoms with Crippen LogP contribution in [0.2, 0.25) is 10.0 Å². The number of benzene rings is 1. The molecule has 0 saturated carbocycles. The van der Waals surface area contributed by atoms with Crippen LogP contribution in [0, 0.1) is 5.92 Å². The van der Waals surface area contributed by atoms with E-state index in [9.17, 15) is 9.59 Å². The van der Waals surface area contributed by atoms with Gasteiger partial charge in [0.2, 0.25) is 5.91 Å². The second-order valence-electron chi connectivity index (χ2n) is 4.06. The molecule has 96 valence electrons. The molecule has 1 aromatic carbocycles. The molecule has 1 aliphatic heterocycles. The number of nitrogens with zero attached hydrogens (tertiary/aromatic N) is 1. The van der Waals surface area contributed by atoms with Gasteiger partial charge in [0.15, 0.2) is 0 Å². The number of carbonyl (C=O) groups excluding carboxylic acids is 2. The maximum absolute atomic E-state index is 11.9. The fraction of sp³-hybridized carbons (Fsp3) is 0.333. The summed E-state index contributed by atoms with van der Waals surface area (Å²) in [5.41, 5.74) is 0.601. The maximum atomic E-state index is 11.9. The summed E-state index contributed by atoms with van der Waals surface area (Å²) < 4.78 is 4.64. The average molecular weight is 288 g/mol. The van der Waals surface area contributed by atoms with E-state index in [-0.39, 0.29) is 18.3 Å². The number of amides is 1. The maximum Gasteiger partial charge on any atom is 0.311 e. The van der Waals surface area contributed by atoms with Crippen LogP contribution in [-0.2, 0) is 14.3 Å². The van der Waals surface area contributed by atoms with E-state index in [1.807, 2.05) is 0 Å². The molecule has 1 fully saturated rings. The molecule has 6 heteroatoms. The van der Waals surface area contributed by atoms with E-state index in [0.717, 1.165) is 0 Å². The quantitative estimate of drug-likeness (QED) is 0.786. The molecule has 1 aromatic rings. The fourth-order valence-electron chi connectivity index (χ4n) is 1.98. The van der Waals surface area contributed by atoms with Crippen LogP contribution in [0.1, 0.15) is 6.42 Å². The summed E-state index contributed by atoms with van der Waals surface area (Å²) in [4.78, 5) is 24.8. The van der Waals surface area contributed by atoms with Gasteiger partial charge in [-0.1, -0.05) is 23.2 Å². The number of halogens is 2. The van der Waals surface area contributed by atoms with Crippen molar-refractivity contribution in [2.45, 2.75) is 6.42 Å². The van der Waals surface area contributed by atoms with E-state index >= 15 is 0 Å². The zero-order valence-electron chi connectivity index (χ0n) is 9.65. The predicted molar refractivity (Wildman–Crippen MR) is 68.9 cm³/mol. The van der Waals surface area contributed by atoms with Crippen molar-refractivity contribution in [2.24, 2.45) is 5.92 Å². The van der Waals surface area contributed by atoms with E-state index in [4.69, 9.17) is 23.2 Å². The number of methoxy groups -OCH3 is 1. The predicted octanol–water partition coefficient (Wildman–Crippen LogP) is 2.52. The van der Waals surface area contributed by atoms with E-state index < -0.39 is 5.92 Å². The summed E-state index contributed by atoms with van der Waals surface area (Å²) in [6, 6.07) is 4.88. The molecule has 4 nitrogen and oxygen atoms in total. The van der Waals surface area contributed by atoms with Crippen molar-refractivity contribution >= 4 is 40.8 Å². The number of anilines is 1. The lowest BCUT2D eigenvalue weighted by Gasteiger charge is -2.17. The second kappa shape index (κ2) is 5.16. The first-order valence-electron chi connectivity index (χ1n) is 5.35. The third kappa shape index (κ3) is 2.60. The van der Waals surface area contributed by atoms with Crippen LogP contribution in [0.5, 0.6) is 0 Å². The van der Waals surface area contributed by atoms with E-state index in [0.29, 0.717) is 22.3 Å². The van der Waals surface area contributed by atoms with Gasteiger partial charge in [0.05, 0.1) is 13.0 Å². The van der Waals surface area contributed by atoms with Crippen molar-refractivity contribution in [2.75, 3.05) is 18.6 Å². The Morgan fingerprint density at radius 2 is 1.94 bits per heavy atom. The molecule has 0 aromatic heterocycles. The molecule has 0 unspecified atom stereocenters. The van der Waals surface area contributed by atoms with Gasteiger partial charge in [-0.2, -0.15) is 0 Å². The molecule has 1 heterocycles. The lowest BCUT2D eigenvalue weighted by Crippen LogP contribution is -2.26. The van der Waals surface area contributed by atoms with Crippen molar-refractivity contribution < 1.29 is 14.3 Å². The van der Waals surface area contributed by atoms with Gasteiger partial charge in [-0.25, -0.2) is 0 Å². The van der Waals surface area contributed by atoms with Gasteiger partial charge in [0.1, 0.15) is 0 Å². The van der Waals surface area contributed by atoms with Gasteiger partial charge >= 0.3 is 5.97 Å². The van der Waals surface area contributed by atoms with Gasteiger partial charge in [-0.15, -0.1) is 0 Å². The monoisotopic (exact) mass is 287 g/mol. The average Bonchev–Trinajstić information content (AvgIpc) is 2.69. The van der Waals surface area contributed by atoms with E-state index in [1.165, 1.54) is 12.0 Å². The first-order chi connectivity index (χ1) is 8.51. The van der Waals surface area contributed by atoms with E-state index in [1.54, 1.807) is 18.2 Å². The Morgan fingerprint density at radius 3 is 2.50 bits per heavy atom. The van der Waals surface area contributed by atoms with Crippen LogP contribution >= 0.6 is 23.2 Å². The Bertz CT molecular complexity index is 484. The van der Waals surface area contributed by atoms with Gasteiger partial charge in [-0.05, 0) is 18.2 Å². The Hall–Kier alpha value is -1.26. The van der Waals surface area contributed by atoms with Crippen LogP contribution in [0.3, 0.4) is 0 Å². The number of hydrogen-bond acceptors (Lipinski definition) is 3. The molecule has 1 saturated heterocycles. The summed E-state index contributed by atoms with van der Waals surface area (Å²) in [5, 5.41) is 0.902. The standard InChI is InChI=1S/C12H11Cl2NO3/c1-18-12(17)7-2-11(16)15(6-7)10-4-8(13)3-9(14)5-10/h3-5,7H,2,6H2,1H3/t7-/m1/s1. The summed E-state index contributed by atoms with van der Waals surface area (Å²) >= 11 is 11.8. The Labute approximate surface area is 114 Å². The highest BCUT2D eigenvalue weighted by molar-refractivity contribution is 6.35. The van der Waals surface area contributed by atoms with Crippen LogP contribution in [0.15, 0.2) is 18.2 Å². The van der Waals surface area contributed by atoms with Gasteiger partial charge < -0.3 is 9.64 Å². The smallest absolute Gasteiger partial charge is 0.311 e. The summed E-state index contributed by atoms with van der Waals surface area (Å²) in [6.07, 6.45) is 0.150. The zero-order chi connectivity index (χ0) is 13.3. The first-order valence-corrected chi connectivity index (χ1v) is 6.11. The molecule has 0 radical (unpaired) electrons. The van der Waals surface area contributed by atoms with Crippen molar-refractivity contribution in [3.63, 3.8) is 0 Å². The van der Waals surface area contributed by atoms with Crippen molar-refractivity contribution in [1.82, 2.24) is 0 Å². The second-order valence-corrected chi connectivity index (χ2v) is 4.93. The highest BCUT2D eigenvalue weighted by atomic mass is 35.5. The Morgan fingerprint density at radius 1 is 1.33 bits per heavy atom. The summed E-state index contributed by atoms with van der Waals surface area (Å²) in [7, 11) is 1.31. The number of hydrogen-bond donors (Lipinski definition) is 0. The van der Waals surface area contributed by atoms with Crippen molar-refractivity contribution in [3.8, 4) is 0 Å². The van der Waals surface area contributed by atoms with Crippen molar-refractivity contribution in [3.05, 3.63) is 28.2 Å². The van der Waals surface area contributed by atoms with Gasteiger partial charge in [0, 0.05) is 28.7 Å². The van der Waals surface area contributed by atoms with Crippen molar-refractivity contribution in [1.29, 1.82) is 0 Å². The number of carbonyl (C=O) groups is 2. The van der Waals surface area contributed by atoms with Crippen LogP contribution < -0.4 is 4.90 Å². The molecule has 1 atom stereocenters. The minimum Gasteiger partial charge on any atom is -0.469 e. The number of esters is 1. The first kappa shape index (κ1) is 13.2. The molecule has 2 rings (SSSR count). The highest BCUT2D eigenvalue weighted by Gasteiger charge is 2.35. The normalized spacial score (nSPS) is 19.2. The highest BCUT2D eigenvalue weighted by Crippen LogP contribution is 2.30. The van der Waals surface area contributed by atoms with Gasteiger partial charge in [0.25, 0.3) is 0 Å². The van der Waals surface area contributed by atoms with Crippen LogP contribution in [-0.4, -0.2) is 25.5 Å². The summed E-state index contributed by atoms with van der Waals surface area (Å²) in [5.74, 6) is -0.942. The summed E-state index contributed by atoms with van der Waals surface area (Å²) in [6.45, 7) is 0.294. The molecule has 0 spiro atoms. The third-order valence-corrected chi connectivity index (χ3v) is 3.25. The topological polar surface area (TPSA) is 46.6 Å². The van der Waals surface area contributed by atoms with Gasteiger partial charge in [-0.3, -0.25) is 9.59 Å². The lowest BCUT2D eigenvalue weighted by atomic mass is 10.1. The van der Waals surface area contributed by atoms with E-state index in [2.05, 4.69) is 4.74 Å². The molecular formula is C12H11Cl2NO3. The molecule has 1 aliphatic rings.